The van der Waals surface area contributed by atoms with E-state index in [2.05, 4.69) is 28.0 Å². The number of nitrogens with zero attached hydrogens (tertiary/aromatic N) is 2. The van der Waals surface area contributed by atoms with Gasteiger partial charge in [0, 0.05) is 31.2 Å². The molecule has 1 N–H and O–H groups in total. The summed E-state index contributed by atoms with van der Waals surface area (Å²) in [5.41, 5.74) is 0. The fourth-order valence-electron chi connectivity index (χ4n) is 0.996. The van der Waals surface area contributed by atoms with Crippen LogP contribution < -0.4 is 5.32 Å². The van der Waals surface area contributed by atoms with Crippen molar-refractivity contribution in [1.82, 2.24) is 9.55 Å². The summed E-state index contributed by atoms with van der Waals surface area (Å²) in [6.07, 6.45) is 5.92. The Morgan fingerprint density at radius 1 is 1.67 bits per heavy atom. The van der Waals surface area contributed by atoms with Gasteiger partial charge in [-0.2, -0.15) is 11.8 Å². The van der Waals surface area contributed by atoms with Crippen molar-refractivity contribution in [1.29, 1.82) is 0 Å². The maximum absolute atomic E-state index is 4.20. The predicted molar refractivity (Wildman–Crippen MR) is 54.8 cm³/mol. The van der Waals surface area contributed by atoms with Gasteiger partial charge in [0.15, 0.2) is 0 Å². The molecule has 0 aliphatic heterocycles. The van der Waals surface area contributed by atoms with E-state index in [1.165, 1.54) is 0 Å². The van der Waals surface area contributed by atoms with Crippen molar-refractivity contribution in [3.63, 3.8) is 0 Å². The fourth-order valence-corrected chi connectivity index (χ4v) is 1.30. The van der Waals surface area contributed by atoms with Crippen LogP contribution in [0.1, 0.15) is 6.92 Å². The Kier molecular flexibility index (Phi) is 4.00. The molecule has 0 aliphatic carbocycles. The van der Waals surface area contributed by atoms with Crippen molar-refractivity contribution in [2.75, 3.05) is 23.9 Å². The Balaban J connectivity index is 2.39. The first-order valence-corrected chi connectivity index (χ1v) is 5.51. The van der Waals surface area contributed by atoms with Crippen LogP contribution in [0.25, 0.3) is 0 Å². The van der Waals surface area contributed by atoms with Crippen molar-refractivity contribution in [3.05, 3.63) is 12.4 Å². The van der Waals surface area contributed by atoms with Crippen LogP contribution in [-0.4, -0.2) is 28.1 Å². The number of hydrogen-bond donors (Lipinski definition) is 1. The molecule has 4 heteroatoms. The molecule has 3 nitrogen and oxygen atoms in total. The zero-order valence-corrected chi connectivity index (χ0v) is 8.40. The third-order valence-electron chi connectivity index (χ3n) is 1.65. The summed E-state index contributed by atoms with van der Waals surface area (Å²) in [6.45, 7) is 4.07. The fraction of sp³-hybridized carbons (Fsp3) is 0.625. The maximum Gasteiger partial charge on any atom is 0.202 e. The van der Waals surface area contributed by atoms with Gasteiger partial charge in [0.1, 0.15) is 0 Å². The molecule has 0 saturated carbocycles. The summed E-state index contributed by atoms with van der Waals surface area (Å²) >= 11 is 1.84. The van der Waals surface area contributed by atoms with E-state index in [0.717, 1.165) is 24.8 Å². The first-order valence-electron chi connectivity index (χ1n) is 4.12. The van der Waals surface area contributed by atoms with Gasteiger partial charge in [0.25, 0.3) is 0 Å². The van der Waals surface area contributed by atoms with Gasteiger partial charge < -0.3 is 9.88 Å². The number of hydrogen-bond acceptors (Lipinski definition) is 3. The quantitative estimate of drug-likeness (QED) is 0.708. The van der Waals surface area contributed by atoms with Crippen LogP contribution in [0.5, 0.6) is 0 Å². The Labute approximate surface area is 77.6 Å². The van der Waals surface area contributed by atoms with Gasteiger partial charge in [-0.3, -0.25) is 0 Å². The molecule has 0 saturated heterocycles. The smallest absolute Gasteiger partial charge is 0.202 e. The lowest BCUT2D eigenvalue weighted by Crippen LogP contribution is -2.09. The Morgan fingerprint density at radius 3 is 3.17 bits per heavy atom. The van der Waals surface area contributed by atoms with E-state index < -0.39 is 0 Å². The SMILES string of the molecule is CCn1ccnc1NCCSC. The number of anilines is 1. The highest BCUT2D eigenvalue weighted by atomic mass is 32.2. The minimum Gasteiger partial charge on any atom is -0.355 e. The lowest BCUT2D eigenvalue weighted by atomic mass is 10.7. The van der Waals surface area contributed by atoms with Crippen LogP contribution >= 0.6 is 11.8 Å². The average molecular weight is 185 g/mol. The number of imidazole rings is 1. The molecule has 0 unspecified atom stereocenters. The third kappa shape index (κ3) is 2.44. The van der Waals surface area contributed by atoms with E-state index in [0.29, 0.717) is 0 Å². The second-order valence-electron chi connectivity index (χ2n) is 2.46. The molecule has 1 aromatic rings. The zero-order valence-electron chi connectivity index (χ0n) is 7.58. The van der Waals surface area contributed by atoms with Gasteiger partial charge in [0.2, 0.25) is 5.95 Å². The molecule has 1 heterocycles. The molecule has 0 amide bonds. The van der Waals surface area contributed by atoms with Crippen LogP contribution in [0.4, 0.5) is 5.95 Å². The molecule has 0 aromatic carbocycles. The van der Waals surface area contributed by atoms with E-state index >= 15 is 0 Å². The number of thioether (sulfide) groups is 1. The molecule has 1 rings (SSSR count). The molecule has 0 fully saturated rings. The van der Waals surface area contributed by atoms with Gasteiger partial charge in [-0.25, -0.2) is 4.98 Å². The normalized spacial score (nSPS) is 10.2. The average Bonchev–Trinajstić information content (AvgIpc) is 2.52. The van der Waals surface area contributed by atoms with Gasteiger partial charge in [-0.1, -0.05) is 0 Å². The van der Waals surface area contributed by atoms with Crippen molar-refractivity contribution in [2.45, 2.75) is 13.5 Å². The standard InChI is InChI=1S/C8H15N3S/c1-3-11-6-4-9-8(11)10-5-7-12-2/h4,6H,3,5,7H2,1-2H3,(H,9,10). The monoisotopic (exact) mass is 185 g/mol. The van der Waals surface area contributed by atoms with Crippen LogP contribution in [0.3, 0.4) is 0 Å². The minimum atomic E-state index is 0.974. The number of nitrogens with one attached hydrogen (secondary N) is 1. The highest BCUT2D eigenvalue weighted by Gasteiger charge is 1.97. The summed E-state index contributed by atoms with van der Waals surface area (Å²) in [5, 5.41) is 3.28. The molecular formula is C8H15N3S. The summed E-state index contributed by atoms with van der Waals surface area (Å²) in [7, 11) is 0. The molecule has 0 radical (unpaired) electrons. The lowest BCUT2D eigenvalue weighted by molar-refractivity contribution is 0.766. The highest BCUT2D eigenvalue weighted by molar-refractivity contribution is 7.98. The minimum absolute atomic E-state index is 0.974. The van der Waals surface area contributed by atoms with Crippen LogP contribution in [-0.2, 0) is 6.54 Å². The van der Waals surface area contributed by atoms with E-state index in [1.54, 1.807) is 0 Å². The van der Waals surface area contributed by atoms with Crippen molar-refractivity contribution < 1.29 is 0 Å². The molecule has 0 atom stereocenters. The van der Waals surface area contributed by atoms with E-state index in [1.807, 2.05) is 24.2 Å². The summed E-state index contributed by atoms with van der Waals surface area (Å²) in [5.74, 6) is 2.10. The number of aromatic nitrogens is 2. The van der Waals surface area contributed by atoms with Gasteiger partial charge >= 0.3 is 0 Å². The number of aryl methyl sites for hydroxylation is 1. The topological polar surface area (TPSA) is 29.9 Å². The second-order valence-corrected chi connectivity index (χ2v) is 3.44. The van der Waals surface area contributed by atoms with Gasteiger partial charge in [-0.15, -0.1) is 0 Å². The van der Waals surface area contributed by atoms with Crippen molar-refractivity contribution in [2.24, 2.45) is 0 Å². The van der Waals surface area contributed by atoms with E-state index in [-0.39, 0.29) is 0 Å². The van der Waals surface area contributed by atoms with Gasteiger partial charge in [-0.05, 0) is 13.2 Å². The summed E-state index contributed by atoms with van der Waals surface area (Å²) in [6, 6.07) is 0. The molecule has 0 aliphatic rings. The third-order valence-corrected chi connectivity index (χ3v) is 2.26. The Hall–Kier alpha value is -0.640. The van der Waals surface area contributed by atoms with E-state index in [4.69, 9.17) is 0 Å². The molecule has 0 spiro atoms. The number of rotatable bonds is 5. The molecule has 68 valence electrons. The summed E-state index contributed by atoms with van der Waals surface area (Å²) in [4.78, 5) is 4.20. The highest BCUT2D eigenvalue weighted by Crippen LogP contribution is 2.03. The molecule has 0 bridgehead atoms. The Bertz CT molecular complexity index is 222. The predicted octanol–water partition coefficient (Wildman–Crippen LogP) is 1.68. The zero-order chi connectivity index (χ0) is 8.81. The van der Waals surface area contributed by atoms with Gasteiger partial charge in [0.05, 0.1) is 0 Å². The van der Waals surface area contributed by atoms with Crippen molar-refractivity contribution in [3.8, 4) is 0 Å². The molecule has 1 aromatic heterocycles. The van der Waals surface area contributed by atoms with Crippen LogP contribution in [0, 0.1) is 0 Å². The first-order chi connectivity index (χ1) is 5.88. The maximum atomic E-state index is 4.20. The van der Waals surface area contributed by atoms with Crippen molar-refractivity contribution >= 4 is 17.7 Å². The largest absolute Gasteiger partial charge is 0.355 e. The van der Waals surface area contributed by atoms with Crippen LogP contribution in [0.15, 0.2) is 12.4 Å². The molecule has 12 heavy (non-hydrogen) atoms. The molecular weight excluding hydrogens is 170 g/mol. The second kappa shape index (κ2) is 5.09. The first kappa shape index (κ1) is 9.45. The summed E-state index contributed by atoms with van der Waals surface area (Å²) < 4.78 is 2.10. The lowest BCUT2D eigenvalue weighted by Gasteiger charge is -2.05. The Morgan fingerprint density at radius 2 is 2.50 bits per heavy atom. The van der Waals surface area contributed by atoms with E-state index in [9.17, 15) is 0 Å². The van der Waals surface area contributed by atoms with Crippen LogP contribution in [0.2, 0.25) is 0 Å².